The predicted molar refractivity (Wildman–Crippen MR) is 74.9 cm³/mol. The van der Waals surface area contributed by atoms with Gasteiger partial charge in [0.1, 0.15) is 17.2 Å². The molecule has 0 saturated heterocycles. The van der Waals surface area contributed by atoms with Crippen molar-refractivity contribution in [1.82, 2.24) is 0 Å². The Labute approximate surface area is 117 Å². The summed E-state index contributed by atoms with van der Waals surface area (Å²) in [5.41, 5.74) is 1.14. The first-order valence-corrected chi connectivity index (χ1v) is 6.18. The third-order valence-electron chi connectivity index (χ3n) is 2.84. The van der Waals surface area contributed by atoms with Crippen molar-refractivity contribution in [2.24, 2.45) is 0 Å². The van der Waals surface area contributed by atoms with E-state index in [-0.39, 0.29) is 0 Å². The summed E-state index contributed by atoms with van der Waals surface area (Å²) in [5.74, 6) is 1.60. The molecule has 1 atom stereocenters. The van der Waals surface area contributed by atoms with Crippen molar-refractivity contribution in [3.05, 3.63) is 53.6 Å². The molecule has 4 nitrogen and oxygen atoms in total. The maximum Gasteiger partial charge on any atom is 0.133 e. The van der Waals surface area contributed by atoms with E-state index in [2.05, 4.69) is 6.07 Å². The lowest BCUT2D eigenvalue weighted by Crippen LogP contribution is -1.96. The zero-order chi connectivity index (χ0) is 14.5. The molecule has 20 heavy (non-hydrogen) atoms. The van der Waals surface area contributed by atoms with Crippen LogP contribution in [0.15, 0.2) is 42.5 Å². The molecule has 0 heterocycles. The minimum absolute atomic E-state index is 0.453. The third kappa shape index (κ3) is 3.08. The van der Waals surface area contributed by atoms with E-state index < -0.39 is 6.10 Å². The Kier molecular flexibility index (Phi) is 4.24. The Balaban J connectivity index is 2.38. The number of aliphatic hydroxyl groups is 1. The van der Waals surface area contributed by atoms with Crippen LogP contribution in [0.5, 0.6) is 17.2 Å². The summed E-state index contributed by atoms with van der Waals surface area (Å²) in [6, 6.07) is 14.2. The van der Waals surface area contributed by atoms with Crippen molar-refractivity contribution >= 4 is 0 Å². The van der Waals surface area contributed by atoms with E-state index in [1.165, 1.54) is 7.11 Å². The lowest BCUT2D eigenvalue weighted by atomic mass is 10.1. The van der Waals surface area contributed by atoms with E-state index in [4.69, 9.17) is 14.7 Å². The minimum atomic E-state index is -0.632. The lowest BCUT2D eigenvalue weighted by molar-refractivity contribution is 0.195. The Bertz CT molecular complexity index is 644. The summed E-state index contributed by atoms with van der Waals surface area (Å²) < 4.78 is 10.9. The van der Waals surface area contributed by atoms with Crippen LogP contribution in [-0.2, 0) is 0 Å². The van der Waals surface area contributed by atoms with Crippen molar-refractivity contribution in [2.75, 3.05) is 7.11 Å². The van der Waals surface area contributed by atoms with E-state index >= 15 is 0 Å². The van der Waals surface area contributed by atoms with Gasteiger partial charge in [-0.2, -0.15) is 5.26 Å². The zero-order valence-electron chi connectivity index (χ0n) is 11.3. The van der Waals surface area contributed by atoms with Crippen LogP contribution in [0.25, 0.3) is 0 Å². The molecular formula is C16H15NO3. The summed E-state index contributed by atoms with van der Waals surface area (Å²) in [6.07, 6.45) is -0.632. The van der Waals surface area contributed by atoms with Crippen molar-refractivity contribution in [3.63, 3.8) is 0 Å². The maximum atomic E-state index is 9.73. The van der Waals surface area contributed by atoms with Gasteiger partial charge in [0.05, 0.1) is 24.8 Å². The smallest absolute Gasteiger partial charge is 0.133 e. The first-order chi connectivity index (χ1) is 9.63. The second kappa shape index (κ2) is 6.09. The van der Waals surface area contributed by atoms with Crippen LogP contribution in [0.2, 0.25) is 0 Å². The van der Waals surface area contributed by atoms with E-state index in [0.717, 1.165) is 0 Å². The van der Waals surface area contributed by atoms with Crippen LogP contribution < -0.4 is 9.47 Å². The first kappa shape index (κ1) is 13.9. The molecule has 0 fully saturated rings. The van der Waals surface area contributed by atoms with Crippen LogP contribution in [-0.4, -0.2) is 12.2 Å². The molecule has 2 aromatic carbocycles. The average Bonchev–Trinajstić information content (AvgIpc) is 2.47. The molecule has 102 valence electrons. The molecule has 0 unspecified atom stereocenters. The SMILES string of the molecule is COc1cc(C#N)cc(Oc2ccccc2[C@H](C)O)c1. The number of nitriles is 1. The lowest BCUT2D eigenvalue weighted by Gasteiger charge is -2.13. The van der Waals surface area contributed by atoms with Gasteiger partial charge in [0.15, 0.2) is 0 Å². The highest BCUT2D eigenvalue weighted by Crippen LogP contribution is 2.31. The second-order valence-electron chi connectivity index (χ2n) is 4.32. The van der Waals surface area contributed by atoms with Gasteiger partial charge in [0.2, 0.25) is 0 Å². The summed E-state index contributed by atoms with van der Waals surface area (Å²) in [5, 5.41) is 18.7. The van der Waals surface area contributed by atoms with Gasteiger partial charge in [-0.25, -0.2) is 0 Å². The molecule has 1 N–H and O–H groups in total. The number of aliphatic hydroxyl groups excluding tert-OH is 1. The average molecular weight is 269 g/mol. The van der Waals surface area contributed by atoms with Gasteiger partial charge in [-0.1, -0.05) is 18.2 Å². The van der Waals surface area contributed by atoms with Gasteiger partial charge >= 0.3 is 0 Å². The number of rotatable bonds is 4. The van der Waals surface area contributed by atoms with Crippen LogP contribution in [0.1, 0.15) is 24.2 Å². The Morgan fingerprint density at radius 2 is 1.85 bits per heavy atom. The van der Waals surface area contributed by atoms with Crippen molar-refractivity contribution in [2.45, 2.75) is 13.0 Å². The minimum Gasteiger partial charge on any atom is -0.497 e. The van der Waals surface area contributed by atoms with E-state index in [1.54, 1.807) is 37.3 Å². The third-order valence-corrected chi connectivity index (χ3v) is 2.84. The van der Waals surface area contributed by atoms with Gasteiger partial charge in [-0.15, -0.1) is 0 Å². The summed E-state index contributed by atoms with van der Waals surface area (Å²) >= 11 is 0. The molecule has 0 saturated carbocycles. The quantitative estimate of drug-likeness (QED) is 0.923. The molecule has 2 rings (SSSR count). The molecule has 0 aliphatic rings. The van der Waals surface area contributed by atoms with Crippen LogP contribution >= 0.6 is 0 Å². The van der Waals surface area contributed by atoms with Gasteiger partial charge in [0, 0.05) is 11.6 Å². The largest absolute Gasteiger partial charge is 0.497 e. The number of methoxy groups -OCH3 is 1. The monoisotopic (exact) mass is 269 g/mol. The fraction of sp³-hybridized carbons (Fsp3) is 0.188. The highest BCUT2D eigenvalue weighted by molar-refractivity contribution is 5.46. The molecule has 0 amide bonds. The predicted octanol–water partition coefficient (Wildman–Crippen LogP) is 3.41. The molecular weight excluding hydrogens is 254 g/mol. The molecule has 0 spiro atoms. The van der Waals surface area contributed by atoms with Crippen molar-refractivity contribution < 1.29 is 14.6 Å². The summed E-state index contributed by atoms with van der Waals surface area (Å²) in [6.45, 7) is 1.68. The Morgan fingerprint density at radius 1 is 1.15 bits per heavy atom. The highest BCUT2D eigenvalue weighted by Gasteiger charge is 2.10. The van der Waals surface area contributed by atoms with Crippen molar-refractivity contribution in [3.8, 4) is 23.3 Å². The van der Waals surface area contributed by atoms with E-state index in [1.807, 2.05) is 12.1 Å². The van der Waals surface area contributed by atoms with Crippen LogP contribution in [0, 0.1) is 11.3 Å². The van der Waals surface area contributed by atoms with Gasteiger partial charge in [-0.3, -0.25) is 0 Å². The highest BCUT2D eigenvalue weighted by atomic mass is 16.5. The van der Waals surface area contributed by atoms with E-state index in [0.29, 0.717) is 28.4 Å². The Morgan fingerprint density at radius 3 is 2.50 bits per heavy atom. The molecule has 0 aliphatic heterocycles. The second-order valence-corrected chi connectivity index (χ2v) is 4.32. The van der Waals surface area contributed by atoms with Crippen LogP contribution in [0.4, 0.5) is 0 Å². The van der Waals surface area contributed by atoms with Crippen molar-refractivity contribution in [1.29, 1.82) is 5.26 Å². The molecule has 0 radical (unpaired) electrons. The normalized spacial score (nSPS) is 11.5. The standard InChI is InChI=1S/C16H15NO3/c1-11(18)15-5-3-4-6-16(15)20-14-8-12(10-17)7-13(9-14)19-2/h3-9,11,18H,1-2H3/t11-/m0/s1. The van der Waals surface area contributed by atoms with Crippen LogP contribution in [0.3, 0.4) is 0 Å². The van der Waals surface area contributed by atoms with Gasteiger partial charge in [-0.05, 0) is 25.1 Å². The molecule has 4 heteroatoms. The van der Waals surface area contributed by atoms with E-state index in [9.17, 15) is 5.11 Å². The molecule has 0 bridgehead atoms. The maximum absolute atomic E-state index is 9.73. The Hall–Kier alpha value is -2.51. The zero-order valence-corrected chi connectivity index (χ0v) is 11.3. The summed E-state index contributed by atoms with van der Waals surface area (Å²) in [7, 11) is 1.53. The molecule has 0 aliphatic carbocycles. The number of benzene rings is 2. The fourth-order valence-corrected chi connectivity index (χ4v) is 1.86. The van der Waals surface area contributed by atoms with Gasteiger partial charge < -0.3 is 14.6 Å². The number of hydrogen-bond acceptors (Lipinski definition) is 4. The van der Waals surface area contributed by atoms with Gasteiger partial charge in [0.25, 0.3) is 0 Å². The number of ether oxygens (including phenoxy) is 2. The number of hydrogen-bond donors (Lipinski definition) is 1. The molecule has 2 aromatic rings. The number of para-hydroxylation sites is 1. The fourth-order valence-electron chi connectivity index (χ4n) is 1.86. The summed E-state index contributed by atoms with van der Waals surface area (Å²) in [4.78, 5) is 0. The first-order valence-electron chi connectivity index (χ1n) is 6.18. The topological polar surface area (TPSA) is 62.5 Å². The number of nitrogens with zero attached hydrogens (tertiary/aromatic N) is 1. The molecule has 0 aromatic heterocycles.